The fourth-order valence-corrected chi connectivity index (χ4v) is 5.40. The molecule has 0 spiro atoms. The maximum Gasteiger partial charge on any atom is 0.252 e. The number of amides is 1. The highest BCUT2D eigenvalue weighted by atomic mass is 79.9. The van der Waals surface area contributed by atoms with Gasteiger partial charge < -0.3 is 19.9 Å². The molecule has 0 saturated carbocycles. The summed E-state index contributed by atoms with van der Waals surface area (Å²) in [6.45, 7) is 0.721. The largest absolute Gasteiger partial charge is 0.494 e. The molecule has 6 nitrogen and oxygen atoms in total. The van der Waals surface area contributed by atoms with Gasteiger partial charge in [-0.2, -0.15) is 0 Å². The predicted octanol–water partition coefficient (Wildman–Crippen LogP) is 7.33. The molecular weight excluding hydrogens is 639 g/mol. The number of carbonyl (C=O) groups is 1. The zero-order chi connectivity index (χ0) is 29.5. The van der Waals surface area contributed by atoms with Gasteiger partial charge in [0.15, 0.2) is 11.6 Å². The number of ether oxygens (including phenoxy) is 2. The Kier molecular flexibility index (Phi) is 9.85. The second kappa shape index (κ2) is 13.7. The first-order chi connectivity index (χ1) is 20.4. The number of hydrogen-bond donors (Lipinski definition) is 2. The highest BCUT2D eigenvalue weighted by Crippen LogP contribution is 2.43. The fourth-order valence-electron chi connectivity index (χ4n) is 4.81. The molecule has 0 aliphatic carbocycles. The van der Waals surface area contributed by atoms with E-state index in [4.69, 9.17) is 42.8 Å². The van der Waals surface area contributed by atoms with Gasteiger partial charge in [0.2, 0.25) is 5.90 Å². The normalized spacial score (nSPS) is 17.8. The van der Waals surface area contributed by atoms with Gasteiger partial charge in [-0.3, -0.25) is 4.79 Å². The van der Waals surface area contributed by atoms with E-state index in [2.05, 4.69) is 21.2 Å². The average Bonchev–Trinajstić information content (AvgIpc) is 3.39. The molecule has 0 radical (unpaired) electrons. The van der Waals surface area contributed by atoms with Crippen LogP contribution in [0.4, 0.5) is 0 Å². The lowest BCUT2D eigenvalue weighted by atomic mass is 9.82. The summed E-state index contributed by atoms with van der Waals surface area (Å²) in [6.07, 6.45) is 0.162. The van der Waals surface area contributed by atoms with Crippen molar-refractivity contribution < 1.29 is 19.4 Å². The second-order valence-corrected chi connectivity index (χ2v) is 11.7. The van der Waals surface area contributed by atoms with E-state index in [1.165, 1.54) is 0 Å². The van der Waals surface area contributed by atoms with Crippen LogP contribution in [0.5, 0.6) is 5.75 Å². The topological polar surface area (TPSA) is 80.2 Å². The van der Waals surface area contributed by atoms with E-state index < -0.39 is 11.6 Å². The van der Waals surface area contributed by atoms with Gasteiger partial charge in [-0.05, 0) is 65.2 Å². The zero-order valence-electron chi connectivity index (χ0n) is 22.6. The van der Waals surface area contributed by atoms with Gasteiger partial charge >= 0.3 is 0 Å². The maximum absolute atomic E-state index is 14.3. The predicted molar refractivity (Wildman–Crippen MR) is 169 cm³/mol. The van der Waals surface area contributed by atoms with Gasteiger partial charge in [-0.25, -0.2) is 4.99 Å². The molecule has 1 aliphatic heterocycles. The van der Waals surface area contributed by atoms with Crippen LogP contribution in [0, 0.1) is 0 Å². The first kappa shape index (κ1) is 30.1. The molecule has 4 aromatic carbocycles. The number of nitrogens with one attached hydrogen (secondary N) is 1. The van der Waals surface area contributed by atoms with Crippen LogP contribution >= 0.6 is 39.1 Å². The highest BCUT2D eigenvalue weighted by Gasteiger charge is 2.53. The van der Waals surface area contributed by atoms with E-state index in [-0.39, 0.29) is 19.1 Å². The SMILES string of the molecule is O=C(NCc1ccc(Cl)c(Cl)c1)[C@]1(Cc2ccccc2)N=C(c2ccc(OCCCO)cc2)O[C@@H]1c1ccc(Br)cc1. The van der Waals surface area contributed by atoms with Gasteiger partial charge in [0.1, 0.15) is 5.75 Å². The van der Waals surface area contributed by atoms with E-state index in [1.54, 1.807) is 12.1 Å². The standard InChI is InChI=1S/C33H29BrCl2N2O4/c34-26-12-8-24(9-13-26)30-33(20-22-5-2-1-3-6-22,32(40)37-21-23-7-16-28(35)29(36)19-23)38-31(42-30)25-10-14-27(15-11-25)41-18-4-17-39/h1-3,5-16,19,30,39H,4,17-18,20-21H2,(H,37,40)/t30-,33-/m1/s1. The minimum Gasteiger partial charge on any atom is -0.494 e. The molecule has 9 heteroatoms. The molecule has 0 saturated heterocycles. The molecule has 0 bridgehead atoms. The van der Waals surface area contributed by atoms with E-state index in [0.717, 1.165) is 26.7 Å². The molecule has 216 valence electrons. The summed E-state index contributed by atoms with van der Waals surface area (Å²) < 4.78 is 13.2. The smallest absolute Gasteiger partial charge is 0.252 e. The highest BCUT2D eigenvalue weighted by molar-refractivity contribution is 9.10. The summed E-state index contributed by atoms with van der Waals surface area (Å²) in [4.78, 5) is 19.4. The Balaban J connectivity index is 1.53. The van der Waals surface area contributed by atoms with Crippen molar-refractivity contribution in [2.45, 2.75) is 31.0 Å². The molecule has 0 unspecified atom stereocenters. The van der Waals surface area contributed by atoms with Gasteiger partial charge in [-0.1, -0.05) is 87.7 Å². The first-order valence-electron chi connectivity index (χ1n) is 13.5. The minimum absolute atomic E-state index is 0.0663. The molecule has 4 aromatic rings. The zero-order valence-corrected chi connectivity index (χ0v) is 25.7. The van der Waals surface area contributed by atoms with Crippen LogP contribution in [0.15, 0.2) is 107 Å². The molecule has 1 amide bonds. The van der Waals surface area contributed by atoms with Crippen molar-refractivity contribution in [2.75, 3.05) is 13.2 Å². The Hall–Kier alpha value is -3.36. The monoisotopic (exact) mass is 666 g/mol. The third kappa shape index (κ3) is 6.98. The lowest BCUT2D eigenvalue weighted by molar-refractivity contribution is -0.129. The second-order valence-electron chi connectivity index (χ2n) is 9.93. The Morgan fingerprint density at radius 1 is 0.952 bits per heavy atom. The number of aliphatic imine (C=N–C) groups is 1. The third-order valence-corrected chi connectivity index (χ3v) is 8.22. The van der Waals surface area contributed by atoms with Crippen molar-refractivity contribution in [1.82, 2.24) is 5.32 Å². The van der Waals surface area contributed by atoms with Crippen LogP contribution < -0.4 is 10.1 Å². The first-order valence-corrected chi connectivity index (χ1v) is 15.0. The molecule has 2 N–H and O–H groups in total. The van der Waals surface area contributed by atoms with Crippen LogP contribution in [0.3, 0.4) is 0 Å². The van der Waals surface area contributed by atoms with Crippen molar-refractivity contribution in [3.05, 3.63) is 134 Å². The van der Waals surface area contributed by atoms with Gasteiger partial charge in [0.25, 0.3) is 5.91 Å². The Bertz CT molecular complexity index is 1550. The summed E-state index contributed by atoms with van der Waals surface area (Å²) in [6, 6.07) is 30.2. The van der Waals surface area contributed by atoms with Crippen LogP contribution in [0.2, 0.25) is 10.0 Å². The van der Waals surface area contributed by atoms with Gasteiger partial charge in [0, 0.05) is 36.0 Å². The van der Waals surface area contributed by atoms with E-state index in [1.807, 2.05) is 84.9 Å². The maximum atomic E-state index is 14.3. The number of aliphatic hydroxyl groups excluding tert-OH is 1. The number of hydrogen-bond acceptors (Lipinski definition) is 5. The summed E-state index contributed by atoms with van der Waals surface area (Å²) in [7, 11) is 0. The van der Waals surface area contributed by atoms with Crippen LogP contribution in [0.25, 0.3) is 0 Å². The summed E-state index contributed by atoms with van der Waals surface area (Å²) >= 11 is 15.8. The van der Waals surface area contributed by atoms with Gasteiger partial charge in [0.05, 0.1) is 16.7 Å². The minimum atomic E-state index is -1.31. The molecule has 0 fully saturated rings. The number of carbonyl (C=O) groups excluding carboxylic acids is 1. The third-order valence-electron chi connectivity index (χ3n) is 6.96. The van der Waals surface area contributed by atoms with E-state index >= 15 is 0 Å². The van der Waals surface area contributed by atoms with Crippen molar-refractivity contribution in [1.29, 1.82) is 0 Å². The van der Waals surface area contributed by atoms with Crippen molar-refractivity contribution in [3.63, 3.8) is 0 Å². The fraction of sp³-hybridized carbons (Fsp3) is 0.212. The molecule has 1 heterocycles. The summed E-state index contributed by atoms with van der Waals surface area (Å²) in [5.74, 6) is 0.764. The molecule has 5 rings (SSSR count). The average molecular weight is 668 g/mol. The lowest BCUT2D eigenvalue weighted by Gasteiger charge is -2.31. The number of rotatable bonds is 11. The van der Waals surface area contributed by atoms with Crippen molar-refractivity contribution >= 4 is 50.9 Å². The quantitative estimate of drug-likeness (QED) is 0.164. The van der Waals surface area contributed by atoms with Crippen molar-refractivity contribution in [2.24, 2.45) is 4.99 Å². The molecule has 42 heavy (non-hydrogen) atoms. The lowest BCUT2D eigenvalue weighted by Crippen LogP contribution is -2.49. The Morgan fingerprint density at radius 3 is 2.38 bits per heavy atom. The van der Waals surface area contributed by atoms with Crippen molar-refractivity contribution in [3.8, 4) is 5.75 Å². The molecule has 1 aliphatic rings. The number of aliphatic hydroxyl groups is 1. The Labute approximate surface area is 263 Å². The summed E-state index contributed by atoms with van der Waals surface area (Å²) in [5.41, 5.74) is 2.00. The Morgan fingerprint density at radius 2 is 1.69 bits per heavy atom. The molecule has 2 atom stereocenters. The van der Waals surface area contributed by atoms with E-state index in [9.17, 15) is 4.79 Å². The van der Waals surface area contributed by atoms with Gasteiger partial charge in [-0.15, -0.1) is 0 Å². The molecular formula is C33H29BrCl2N2O4. The summed E-state index contributed by atoms with van der Waals surface area (Å²) in [5, 5.41) is 13.0. The van der Waals surface area contributed by atoms with Crippen LogP contribution in [-0.2, 0) is 22.5 Å². The van der Waals surface area contributed by atoms with Crippen LogP contribution in [-0.4, -0.2) is 35.7 Å². The van der Waals surface area contributed by atoms with Crippen LogP contribution in [0.1, 0.15) is 34.8 Å². The number of halogens is 3. The van der Waals surface area contributed by atoms with E-state index in [0.29, 0.717) is 41.1 Å². The molecule has 0 aromatic heterocycles. The number of benzene rings is 4. The number of nitrogens with zero attached hydrogens (tertiary/aromatic N) is 1.